The molecule has 7 nitrogen and oxygen atoms in total. The van der Waals surface area contributed by atoms with Crippen LogP contribution in [0.2, 0.25) is 0 Å². The van der Waals surface area contributed by atoms with Gasteiger partial charge in [-0.2, -0.15) is 0 Å². The third-order valence-corrected chi connectivity index (χ3v) is 4.30. The molecule has 0 unspecified atom stereocenters. The van der Waals surface area contributed by atoms with Crippen LogP contribution in [0.3, 0.4) is 0 Å². The average Bonchev–Trinajstić information content (AvgIpc) is 2.25. The molecule has 0 atom stereocenters. The van der Waals surface area contributed by atoms with Crippen LogP contribution in [0.5, 0.6) is 0 Å². The zero-order chi connectivity index (χ0) is 14.4. The van der Waals surface area contributed by atoms with Crippen LogP contribution in [0.4, 0.5) is 5.69 Å². The second kappa shape index (κ2) is 8.11. The summed E-state index contributed by atoms with van der Waals surface area (Å²) >= 11 is 0. The van der Waals surface area contributed by atoms with Crippen molar-refractivity contribution >= 4 is 36.7 Å². The molecule has 0 spiro atoms. The summed E-state index contributed by atoms with van der Waals surface area (Å²) < 4.78 is 66.0. The maximum Gasteiger partial charge on any atom is 1.00 e. The fourth-order valence-corrected chi connectivity index (χ4v) is 3.05. The Bertz CT molecular complexity index is 880. The Labute approximate surface area is 207 Å². The molecule has 2 N–H and O–H groups in total. The second-order valence-corrected chi connectivity index (χ2v) is 6.47. The van der Waals surface area contributed by atoms with Crippen molar-refractivity contribution in [3.05, 3.63) is 30.3 Å². The Morgan fingerprint density at radius 3 is 1.90 bits per heavy atom. The molecule has 21 heavy (non-hydrogen) atoms. The van der Waals surface area contributed by atoms with Gasteiger partial charge in [-0.15, -0.1) is 0 Å². The average molecular weight is 379 g/mol. The van der Waals surface area contributed by atoms with Gasteiger partial charge in [-0.05, 0) is 23.6 Å². The van der Waals surface area contributed by atoms with Gasteiger partial charge in [0.25, 0.3) is 0 Å². The second-order valence-electron chi connectivity index (χ2n) is 3.78. The molecular formula is C10H7K2NO6S2. The molecule has 2 aromatic rings. The maximum absolute atomic E-state index is 11.1. The Morgan fingerprint density at radius 2 is 1.43 bits per heavy atom. The molecule has 2 aromatic carbocycles. The molecule has 0 radical (unpaired) electrons. The molecule has 0 aromatic heterocycles. The van der Waals surface area contributed by atoms with Crippen molar-refractivity contribution in [1.82, 2.24) is 0 Å². The maximum atomic E-state index is 11.1. The first-order valence-electron chi connectivity index (χ1n) is 4.85. The fraction of sp³-hybridized carbons (Fsp3) is 0. The molecule has 2 rings (SSSR count). The summed E-state index contributed by atoms with van der Waals surface area (Å²) in [5.74, 6) is 0. The summed E-state index contributed by atoms with van der Waals surface area (Å²) in [5.41, 5.74) is 5.20. The van der Waals surface area contributed by atoms with Crippen LogP contribution >= 0.6 is 0 Å². The van der Waals surface area contributed by atoms with E-state index in [-0.39, 0.29) is 119 Å². The molecule has 0 saturated heterocycles. The van der Waals surface area contributed by atoms with Crippen LogP contribution < -0.4 is 109 Å². The molecule has 11 heteroatoms. The molecule has 102 valence electrons. The number of hydrogen-bond donors (Lipinski definition) is 1. The summed E-state index contributed by atoms with van der Waals surface area (Å²) in [6.07, 6.45) is 0. The van der Waals surface area contributed by atoms with Gasteiger partial charge in [0, 0.05) is 11.1 Å². The van der Waals surface area contributed by atoms with E-state index in [1.807, 2.05) is 0 Å². The van der Waals surface area contributed by atoms with E-state index in [1.54, 1.807) is 0 Å². The molecule has 0 heterocycles. The summed E-state index contributed by atoms with van der Waals surface area (Å²) in [6.45, 7) is 0. The van der Waals surface area contributed by atoms with E-state index in [4.69, 9.17) is 5.73 Å². The standard InChI is InChI=1S/C10H9NO6S2.2K/c11-9-4-1-6-5-7(18(12,13)14)2-3-8(6)10(9)19(15,16)17;;/h1-5H,11H2,(H,12,13,14)(H,15,16,17);;/q;2*+1/p-2. The van der Waals surface area contributed by atoms with Crippen LogP contribution in [0.25, 0.3) is 10.8 Å². The third-order valence-electron chi connectivity index (χ3n) is 2.51. The molecule has 0 bridgehead atoms. The summed E-state index contributed by atoms with van der Waals surface area (Å²) in [7, 11) is -9.47. The molecule has 0 amide bonds. The van der Waals surface area contributed by atoms with Crippen molar-refractivity contribution in [3.63, 3.8) is 0 Å². The van der Waals surface area contributed by atoms with E-state index in [1.165, 1.54) is 6.07 Å². The molecule has 0 fully saturated rings. The number of fused-ring (bicyclic) bond motifs is 1. The Kier molecular flexibility index (Phi) is 8.73. The summed E-state index contributed by atoms with van der Waals surface area (Å²) in [5, 5.41) is 0.1000. The van der Waals surface area contributed by atoms with E-state index >= 15 is 0 Å². The zero-order valence-electron chi connectivity index (χ0n) is 11.2. The van der Waals surface area contributed by atoms with Gasteiger partial charge in [0.05, 0.1) is 9.79 Å². The first kappa shape index (κ1) is 22.6. The van der Waals surface area contributed by atoms with Gasteiger partial charge in [0.1, 0.15) is 20.2 Å². The third kappa shape index (κ3) is 5.29. The number of nitrogens with two attached hydrogens (primary N) is 1. The van der Waals surface area contributed by atoms with Crippen molar-refractivity contribution in [2.75, 3.05) is 5.73 Å². The van der Waals surface area contributed by atoms with Crippen molar-refractivity contribution in [1.29, 1.82) is 0 Å². The summed E-state index contributed by atoms with van der Waals surface area (Å²) in [6, 6.07) is 5.48. The number of benzene rings is 2. The normalized spacial score (nSPS) is 11.5. The van der Waals surface area contributed by atoms with Crippen LogP contribution in [-0.2, 0) is 20.2 Å². The smallest absolute Gasteiger partial charge is 0.744 e. The van der Waals surface area contributed by atoms with Gasteiger partial charge in [0.2, 0.25) is 0 Å². The van der Waals surface area contributed by atoms with E-state index in [2.05, 4.69) is 0 Å². The van der Waals surface area contributed by atoms with Crippen molar-refractivity contribution in [3.8, 4) is 0 Å². The molecule has 0 aliphatic rings. The fourth-order valence-electron chi connectivity index (χ4n) is 1.73. The van der Waals surface area contributed by atoms with Crippen LogP contribution in [0, 0.1) is 0 Å². The van der Waals surface area contributed by atoms with Crippen molar-refractivity contribution < 1.29 is 129 Å². The number of hydrogen-bond acceptors (Lipinski definition) is 7. The predicted molar refractivity (Wildman–Crippen MR) is 64.3 cm³/mol. The monoisotopic (exact) mass is 379 g/mol. The summed E-state index contributed by atoms with van der Waals surface area (Å²) in [4.78, 5) is -1.14. The van der Waals surface area contributed by atoms with Crippen LogP contribution in [0.15, 0.2) is 40.1 Å². The molecular weight excluding hydrogens is 372 g/mol. The first-order valence-corrected chi connectivity index (χ1v) is 7.66. The van der Waals surface area contributed by atoms with Gasteiger partial charge >= 0.3 is 103 Å². The predicted octanol–water partition coefficient (Wildman–Crippen LogP) is -5.76. The largest absolute Gasteiger partial charge is 1.00 e. The van der Waals surface area contributed by atoms with Gasteiger partial charge in [-0.1, -0.05) is 12.1 Å². The minimum Gasteiger partial charge on any atom is -0.744 e. The minimum absolute atomic E-state index is 0. The van der Waals surface area contributed by atoms with Crippen LogP contribution in [-0.4, -0.2) is 25.9 Å². The Balaban J connectivity index is 0.00000200. The van der Waals surface area contributed by atoms with Gasteiger partial charge < -0.3 is 14.8 Å². The quantitative estimate of drug-likeness (QED) is 0.311. The SMILES string of the molecule is Nc1ccc2cc(S(=O)(=O)[O-])ccc2c1S(=O)(=O)[O-].[K+].[K+]. The number of nitrogen functional groups attached to an aromatic ring is 1. The van der Waals surface area contributed by atoms with E-state index in [0.717, 1.165) is 24.3 Å². The Hall–Kier alpha value is 1.59. The molecule has 0 aliphatic heterocycles. The number of anilines is 1. The van der Waals surface area contributed by atoms with Crippen molar-refractivity contribution in [2.24, 2.45) is 0 Å². The van der Waals surface area contributed by atoms with E-state index < -0.39 is 30.0 Å². The number of rotatable bonds is 2. The van der Waals surface area contributed by atoms with Crippen molar-refractivity contribution in [2.45, 2.75) is 9.79 Å². The Morgan fingerprint density at radius 1 is 0.857 bits per heavy atom. The van der Waals surface area contributed by atoms with Gasteiger partial charge in [-0.3, -0.25) is 0 Å². The zero-order valence-corrected chi connectivity index (χ0v) is 19.1. The van der Waals surface area contributed by atoms with Crippen LogP contribution in [0.1, 0.15) is 0 Å². The van der Waals surface area contributed by atoms with Gasteiger partial charge in [-0.25, -0.2) is 16.8 Å². The topological polar surface area (TPSA) is 140 Å². The first-order chi connectivity index (χ1) is 8.60. The molecule has 0 aliphatic carbocycles. The van der Waals surface area contributed by atoms with Gasteiger partial charge in [0.15, 0.2) is 0 Å². The van der Waals surface area contributed by atoms with E-state index in [0.29, 0.717) is 0 Å². The minimum atomic E-state index is -4.81. The molecule has 0 saturated carbocycles. The van der Waals surface area contributed by atoms with E-state index in [9.17, 15) is 25.9 Å².